The van der Waals surface area contributed by atoms with Crippen molar-refractivity contribution in [1.29, 1.82) is 0 Å². The summed E-state index contributed by atoms with van der Waals surface area (Å²) in [7, 11) is 0. The Morgan fingerprint density at radius 2 is 2.28 bits per heavy atom. The Kier molecular flexibility index (Phi) is 3.81. The molecule has 0 bridgehead atoms. The van der Waals surface area contributed by atoms with Gasteiger partial charge in [0.1, 0.15) is 5.82 Å². The standard InChI is InChI=1S/C12H12ClFN2O2/c13-9-6-8(3-4-10(9)14)15-11(17)7-16-5-1-2-12(16)18/h3-4,6H,1-2,5,7H2,(H,15,17). The molecular weight excluding hydrogens is 259 g/mol. The number of carbonyl (C=O) groups is 2. The van der Waals surface area contributed by atoms with E-state index in [1.165, 1.54) is 23.1 Å². The maximum atomic E-state index is 12.9. The van der Waals surface area contributed by atoms with Crippen LogP contribution >= 0.6 is 11.6 Å². The van der Waals surface area contributed by atoms with Crippen molar-refractivity contribution in [3.63, 3.8) is 0 Å². The Hall–Kier alpha value is -1.62. The van der Waals surface area contributed by atoms with Crippen molar-refractivity contribution in [2.75, 3.05) is 18.4 Å². The monoisotopic (exact) mass is 270 g/mol. The smallest absolute Gasteiger partial charge is 0.243 e. The molecular formula is C12H12ClFN2O2. The molecule has 1 aromatic carbocycles. The van der Waals surface area contributed by atoms with Crippen LogP contribution < -0.4 is 5.32 Å². The first-order chi connectivity index (χ1) is 8.56. The molecule has 1 heterocycles. The lowest BCUT2D eigenvalue weighted by molar-refractivity contribution is -0.131. The summed E-state index contributed by atoms with van der Waals surface area (Å²) >= 11 is 5.60. The summed E-state index contributed by atoms with van der Waals surface area (Å²) in [6.07, 6.45) is 1.28. The average Bonchev–Trinajstić information content (AvgIpc) is 2.70. The van der Waals surface area contributed by atoms with E-state index in [-0.39, 0.29) is 23.4 Å². The van der Waals surface area contributed by atoms with Crippen molar-refractivity contribution in [1.82, 2.24) is 4.90 Å². The van der Waals surface area contributed by atoms with Gasteiger partial charge in [-0.15, -0.1) is 0 Å². The Bertz CT molecular complexity index is 493. The number of benzene rings is 1. The molecule has 4 nitrogen and oxygen atoms in total. The molecule has 96 valence electrons. The molecule has 0 atom stereocenters. The lowest BCUT2D eigenvalue weighted by Crippen LogP contribution is -2.33. The highest BCUT2D eigenvalue weighted by atomic mass is 35.5. The van der Waals surface area contributed by atoms with E-state index in [2.05, 4.69) is 5.32 Å². The number of anilines is 1. The van der Waals surface area contributed by atoms with E-state index in [0.717, 1.165) is 6.42 Å². The molecule has 1 aliphatic heterocycles. The lowest BCUT2D eigenvalue weighted by Gasteiger charge is -2.15. The number of amides is 2. The first kappa shape index (κ1) is 12.8. The summed E-state index contributed by atoms with van der Waals surface area (Å²) in [6.45, 7) is 0.629. The molecule has 1 N–H and O–H groups in total. The quantitative estimate of drug-likeness (QED) is 0.914. The summed E-state index contributed by atoms with van der Waals surface area (Å²) in [6, 6.07) is 3.93. The van der Waals surface area contributed by atoms with Gasteiger partial charge in [-0.2, -0.15) is 0 Å². The van der Waals surface area contributed by atoms with Gasteiger partial charge in [0.2, 0.25) is 11.8 Å². The Morgan fingerprint density at radius 3 is 2.89 bits per heavy atom. The van der Waals surface area contributed by atoms with Crippen LogP contribution in [0.3, 0.4) is 0 Å². The topological polar surface area (TPSA) is 49.4 Å². The van der Waals surface area contributed by atoms with Gasteiger partial charge in [0.25, 0.3) is 0 Å². The van der Waals surface area contributed by atoms with Crippen LogP contribution in [0.15, 0.2) is 18.2 Å². The minimum atomic E-state index is -0.538. The minimum Gasteiger partial charge on any atom is -0.333 e. The van der Waals surface area contributed by atoms with Gasteiger partial charge >= 0.3 is 0 Å². The van der Waals surface area contributed by atoms with E-state index in [9.17, 15) is 14.0 Å². The Morgan fingerprint density at radius 1 is 1.50 bits per heavy atom. The zero-order chi connectivity index (χ0) is 13.1. The van der Waals surface area contributed by atoms with Crippen LogP contribution in [0, 0.1) is 5.82 Å². The predicted molar refractivity (Wildman–Crippen MR) is 65.9 cm³/mol. The van der Waals surface area contributed by atoms with E-state index >= 15 is 0 Å². The van der Waals surface area contributed by atoms with Crippen LogP contribution in [-0.2, 0) is 9.59 Å². The molecule has 0 aliphatic carbocycles. The number of rotatable bonds is 3. The maximum absolute atomic E-state index is 12.9. The number of nitrogens with one attached hydrogen (secondary N) is 1. The van der Waals surface area contributed by atoms with E-state index in [4.69, 9.17) is 11.6 Å². The Balaban J connectivity index is 1.94. The number of hydrogen-bond acceptors (Lipinski definition) is 2. The number of hydrogen-bond donors (Lipinski definition) is 1. The van der Waals surface area contributed by atoms with Crippen molar-refractivity contribution in [2.45, 2.75) is 12.8 Å². The molecule has 1 fully saturated rings. The van der Waals surface area contributed by atoms with Crippen molar-refractivity contribution >= 4 is 29.1 Å². The summed E-state index contributed by atoms with van der Waals surface area (Å²) in [5, 5.41) is 2.52. The van der Waals surface area contributed by atoms with Crippen LogP contribution in [0.1, 0.15) is 12.8 Å². The second-order valence-electron chi connectivity index (χ2n) is 4.10. The van der Waals surface area contributed by atoms with Gasteiger partial charge in [-0.05, 0) is 24.6 Å². The summed E-state index contributed by atoms with van der Waals surface area (Å²) in [4.78, 5) is 24.5. The van der Waals surface area contributed by atoms with Gasteiger partial charge in [0.05, 0.1) is 11.6 Å². The van der Waals surface area contributed by atoms with Gasteiger partial charge in [-0.25, -0.2) is 4.39 Å². The highest BCUT2D eigenvalue weighted by Crippen LogP contribution is 2.19. The summed E-state index contributed by atoms with van der Waals surface area (Å²) < 4.78 is 12.9. The molecule has 1 aromatic rings. The molecule has 0 unspecified atom stereocenters. The maximum Gasteiger partial charge on any atom is 0.243 e. The van der Waals surface area contributed by atoms with Crippen LogP contribution in [-0.4, -0.2) is 29.8 Å². The fraction of sp³-hybridized carbons (Fsp3) is 0.333. The third-order valence-corrected chi connectivity index (χ3v) is 3.00. The van der Waals surface area contributed by atoms with Gasteiger partial charge < -0.3 is 10.2 Å². The van der Waals surface area contributed by atoms with E-state index in [1.807, 2.05) is 0 Å². The molecule has 2 rings (SSSR count). The normalized spacial score (nSPS) is 15.0. The van der Waals surface area contributed by atoms with Crippen LogP contribution in [0.2, 0.25) is 5.02 Å². The minimum absolute atomic E-state index is 0.0118. The SMILES string of the molecule is O=C(CN1CCCC1=O)Nc1ccc(F)c(Cl)c1. The van der Waals surface area contributed by atoms with Crippen LogP contribution in [0.25, 0.3) is 0 Å². The number of carbonyl (C=O) groups excluding carboxylic acids is 2. The largest absolute Gasteiger partial charge is 0.333 e. The molecule has 1 aliphatic rings. The predicted octanol–water partition coefficient (Wildman–Crippen LogP) is 2.04. The average molecular weight is 271 g/mol. The fourth-order valence-corrected chi connectivity index (χ4v) is 2.00. The summed E-state index contributed by atoms with van der Waals surface area (Å²) in [5.41, 5.74) is 0.415. The van der Waals surface area contributed by atoms with Crippen LogP contribution in [0.5, 0.6) is 0 Å². The van der Waals surface area contributed by atoms with Crippen molar-refractivity contribution in [3.8, 4) is 0 Å². The molecule has 1 saturated heterocycles. The van der Waals surface area contributed by atoms with Crippen molar-refractivity contribution < 1.29 is 14.0 Å². The first-order valence-electron chi connectivity index (χ1n) is 5.59. The van der Waals surface area contributed by atoms with Crippen LogP contribution in [0.4, 0.5) is 10.1 Å². The molecule has 0 saturated carbocycles. The van der Waals surface area contributed by atoms with E-state index < -0.39 is 5.82 Å². The second kappa shape index (κ2) is 5.35. The number of halogens is 2. The molecule has 0 aromatic heterocycles. The van der Waals surface area contributed by atoms with Gasteiger partial charge in [0.15, 0.2) is 0 Å². The molecule has 6 heteroatoms. The molecule has 0 spiro atoms. The highest BCUT2D eigenvalue weighted by molar-refractivity contribution is 6.31. The first-order valence-corrected chi connectivity index (χ1v) is 5.97. The third kappa shape index (κ3) is 2.98. The lowest BCUT2D eigenvalue weighted by atomic mass is 10.3. The Labute approximate surface area is 109 Å². The van der Waals surface area contributed by atoms with Crippen molar-refractivity contribution in [2.24, 2.45) is 0 Å². The van der Waals surface area contributed by atoms with Gasteiger partial charge in [-0.1, -0.05) is 11.6 Å². The number of likely N-dealkylation sites (tertiary alicyclic amines) is 1. The molecule has 2 amide bonds. The van der Waals surface area contributed by atoms with Gasteiger partial charge in [0, 0.05) is 18.7 Å². The van der Waals surface area contributed by atoms with E-state index in [1.54, 1.807) is 0 Å². The number of nitrogens with zero attached hydrogens (tertiary/aromatic N) is 1. The van der Waals surface area contributed by atoms with Crippen molar-refractivity contribution in [3.05, 3.63) is 29.0 Å². The second-order valence-corrected chi connectivity index (χ2v) is 4.50. The zero-order valence-electron chi connectivity index (χ0n) is 9.58. The van der Waals surface area contributed by atoms with Gasteiger partial charge in [-0.3, -0.25) is 9.59 Å². The highest BCUT2D eigenvalue weighted by Gasteiger charge is 2.22. The summed E-state index contributed by atoms with van der Waals surface area (Å²) in [5.74, 6) is -0.861. The fourth-order valence-electron chi connectivity index (χ4n) is 1.82. The molecule has 18 heavy (non-hydrogen) atoms. The zero-order valence-corrected chi connectivity index (χ0v) is 10.3. The van der Waals surface area contributed by atoms with E-state index in [0.29, 0.717) is 18.7 Å². The molecule has 0 radical (unpaired) electrons. The third-order valence-electron chi connectivity index (χ3n) is 2.71.